The van der Waals surface area contributed by atoms with E-state index in [4.69, 9.17) is 0 Å². The molecule has 2 aromatic rings. The van der Waals surface area contributed by atoms with Gasteiger partial charge < -0.3 is 0 Å². The number of rotatable bonds is 1. The van der Waals surface area contributed by atoms with Gasteiger partial charge in [0, 0.05) is 10.0 Å². The van der Waals surface area contributed by atoms with Crippen LogP contribution < -0.4 is 0 Å². The maximum atomic E-state index is 4.09. The van der Waals surface area contributed by atoms with E-state index in [1.165, 1.54) is 16.9 Å². The molecule has 1 aromatic heterocycles. The Kier molecular flexibility index (Phi) is 2.99. The molecule has 0 atom stereocenters. The van der Waals surface area contributed by atoms with Crippen molar-refractivity contribution in [2.45, 2.75) is 6.92 Å². The molecule has 0 N–H and O–H groups in total. The second-order valence-corrected chi connectivity index (χ2v) is 5.88. The van der Waals surface area contributed by atoms with Crippen LogP contribution in [0.2, 0.25) is 0 Å². The average molecular weight is 334 g/mol. The molecule has 0 radical (unpaired) electrons. The Balaban J connectivity index is 2.57. The summed E-state index contributed by atoms with van der Waals surface area (Å²) in [4.78, 5) is 0. The van der Waals surface area contributed by atoms with Crippen LogP contribution in [0.1, 0.15) is 5.56 Å². The van der Waals surface area contributed by atoms with Gasteiger partial charge in [-0.3, -0.25) is 0 Å². The van der Waals surface area contributed by atoms with E-state index in [1.807, 2.05) is 18.2 Å². The first-order valence-electron chi connectivity index (χ1n) is 3.93. The summed E-state index contributed by atoms with van der Waals surface area (Å²) >= 11 is 8.34. The molecule has 1 aromatic carbocycles. The van der Waals surface area contributed by atoms with Gasteiger partial charge in [-0.2, -0.15) is 0 Å². The molecule has 0 aliphatic carbocycles. The Morgan fingerprint density at radius 2 is 2.00 bits per heavy atom. The lowest BCUT2D eigenvalue weighted by Crippen LogP contribution is -1.83. The number of aromatic nitrogens is 2. The summed E-state index contributed by atoms with van der Waals surface area (Å²) in [6, 6.07) is 6.07. The fraction of sp³-hybridized carbons (Fsp3) is 0.111. The average Bonchev–Trinajstić information content (AvgIpc) is 2.57. The van der Waals surface area contributed by atoms with E-state index in [9.17, 15) is 0 Å². The molecule has 2 nitrogen and oxygen atoms in total. The summed E-state index contributed by atoms with van der Waals surface area (Å²) in [5.74, 6) is 0. The number of benzene rings is 1. The van der Waals surface area contributed by atoms with E-state index in [2.05, 4.69) is 49.0 Å². The topological polar surface area (TPSA) is 25.8 Å². The van der Waals surface area contributed by atoms with Gasteiger partial charge in [-0.1, -0.05) is 39.4 Å². The van der Waals surface area contributed by atoms with E-state index in [-0.39, 0.29) is 0 Å². The highest BCUT2D eigenvalue weighted by Gasteiger charge is 2.08. The van der Waals surface area contributed by atoms with Gasteiger partial charge in [0.15, 0.2) is 3.92 Å². The van der Waals surface area contributed by atoms with Gasteiger partial charge in [0.25, 0.3) is 0 Å². The smallest absolute Gasteiger partial charge is 0.137 e. The first kappa shape index (κ1) is 10.3. The standard InChI is InChI=1S/C9H6Br2N2S/c1-5-6(3-2-4-7(5)10)8-12-13-9(11)14-8/h2-4H,1H3. The molecule has 1 heterocycles. The lowest BCUT2D eigenvalue weighted by molar-refractivity contribution is 1.07. The van der Waals surface area contributed by atoms with Crippen LogP contribution in [-0.4, -0.2) is 10.2 Å². The molecule has 0 amide bonds. The first-order valence-corrected chi connectivity index (χ1v) is 6.33. The highest BCUT2D eigenvalue weighted by Crippen LogP contribution is 2.31. The quantitative estimate of drug-likeness (QED) is 0.787. The molecule has 0 spiro atoms. The van der Waals surface area contributed by atoms with Crippen molar-refractivity contribution < 1.29 is 0 Å². The van der Waals surface area contributed by atoms with Gasteiger partial charge in [-0.15, -0.1) is 10.2 Å². The lowest BCUT2D eigenvalue weighted by Gasteiger charge is -2.02. The van der Waals surface area contributed by atoms with Crippen LogP contribution in [0, 0.1) is 6.92 Å². The van der Waals surface area contributed by atoms with Crippen molar-refractivity contribution in [2.75, 3.05) is 0 Å². The molecule has 0 fully saturated rings. The molecule has 0 bridgehead atoms. The second-order valence-electron chi connectivity index (χ2n) is 2.77. The Bertz CT molecular complexity index is 468. The molecule has 0 saturated heterocycles. The van der Waals surface area contributed by atoms with Crippen molar-refractivity contribution in [1.82, 2.24) is 10.2 Å². The minimum Gasteiger partial charge on any atom is -0.137 e. The van der Waals surface area contributed by atoms with Crippen molar-refractivity contribution in [3.8, 4) is 10.6 Å². The molecule has 0 saturated carbocycles. The first-order chi connectivity index (χ1) is 6.68. The Morgan fingerprint density at radius 1 is 1.21 bits per heavy atom. The molecule has 14 heavy (non-hydrogen) atoms. The molecule has 2 rings (SSSR count). The lowest BCUT2D eigenvalue weighted by atomic mass is 10.1. The third-order valence-electron chi connectivity index (χ3n) is 1.90. The van der Waals surface area contributed by atoms with Gasteiger partial charge in [-0.05, 0) is 34.5 Å². The Labute approximate surface area is 103 Å². The number of halogens is 2. The van der Waals surface area contributed by atoms with E-state index in [0.717, 1.165) is 19.0 Å². The van der Waals surface area contributed by atoms with Crippen LogP contribution in [0.25, 0.3) is 10.6 Å². The molecule has 5 heteroatoms. The van der Waals surface area contributed by atoms with Crippen LogP contribution in [0.15, 0.2) is 26.6 Å². The summed E-state index contributed by atoms with van der Waals surface area (Å²) < 4.78 is 1.91. The third kappa shape index (κ3) is 1.89. The molecule has 0 unspecified atom stereocenters. The largest absolute Gasteiger partial charge is 0.183 e. The van der Waals surface area contributed by atoms with Gasteiger partial charge in [0.2, 0.25) is 0 Å². The highest BCUT2D eigenvalue weighted by molar-refractivity contribution is 9.11. The predicted octanol–water partition coefficient (Wildman–Crippen LogP) is 4.04. The van der Waals surface area contributed by atoms with Gasteiger partial charge >= 0.3 is 0 Å². The van der Waals surface area contributed by atoms with Gasteiger partial charge in [-0.25, -0.2) is 0 Å². The third-order valence-corrected chi connectivity index (χ3v) is 4.15. The minimum absolute atomic E-state index is 0.812. The van der Waals surface area contributed by atoms with Crippen LogP contribution in [0.5, 0.6) is 0 Å². The van der Waals surface area contributed by atoms with E-state index >= 15 is 0 Å². The highest BCUT2D eigenvalue weighted by atomic mass is 79.9. The molecular formula is C9H6Br2N2S. The van der Waals surface area contributed by atoms with Crippen LogP contribution in [0.3, 0.4) is 0 Å². The predicted molar refractivity (Wildman–Crippen MR) is 65.5 cm³/mol. The fourth-order valence-electron chi connectivity index (χ4n) is 1.15. The molecule has 0 aliphatic heterocycles. The summed E-state index contributed by atoms with van der Waals surface area (Å²) in [6.45, 7) is 2.06. The van der Waals surface area contributed by atoms with Crippen molar-refractivity contribution in [3.05, 3.63) is 32.2 Å². The van der Waals surface area contributed by atoms with Crippen molar-refractivity contribution in [3.63, 3.8) is 0 Å². The zero-order valence-electron chi connectivity index (χ0n) is 7.29. The maximum absolute atomic E-state index is 4.09. The van der Waals surface area contributed by atoms with Crippen LogP contribution in [-0.2, 0) is 0 Å². The second kappa shape index (κ2) is 4.08. The molecule has 72 valence electrons. The normalized spacial score (nSPS) is 10.5. The van der Waals surface area contributed by atoms with E-state index in [1.54, 1.807) is 0 Å². The van der Waals surface area contributed by atoms with Crippen LogP contribution >= 0.6 is 43.2 Å². The summed E-state index contributed by atoms with van der Waals surface area (Å²) in [5.41, 5.74) is 2.32. The van der Waals surface area contributed by atoms with Crippen molar-refractivity contribution in [1.29, 1.82) is 0 Å². The SMILES string of the molecule is Cc1c(Br)cccc1-c1nnc(Br)s1. The monoisotopic (exact) mass is 332 g/mol. The number of hydrogen-bond acceptors (Lipinski definition) is 3. The minimum atomic E-state index is 0.812. The zero-order valence-corrected chi connectivity index (χ0v) is 11.3. The van der Waals surface area contributed by atoms with Gasteiger partial charge in [0.05, 0.1) is 0 Å². The summed E-state index contributed by atoms with van der Waals surface area (Å²) in [7, 11) is 0. The van der Waals surface area contributed by atoms with E-state index < -0.39 is 0 Å². The van der Waals surface area contributed by atoms with Crippen molar-refractivity contribution >= 4 is 43.2 Å². The fourth-order valence-corrected chi connectivity index (χ4v) is 2.71. The van der Waals surface area contributed by atoms with Crippen LogP contribution in [0.4, 0.5) is 0 Å². The number of hydrogen-bond donors (Lipinski definition) is 0. The van der Waals surface area contributed by atoms with Gasteiger partial charge in [0.1, 0.15) is 5.01 Å². The summed E-state index contributed by atoms with van der Waals surface area (Å²) in [6.07, 6.45) is 0. The Hall–Kier alpha value is -0.260. The van der Waals surface area contributed by atoms with Crippen molar-refractivity contribution in [2.24, 2.45) is 0 Å². The Morgan fingerprint density at radius 3 is 2.64 bits per heavy atom. The molecule has 0 aliphatic rings. The zero-order chi connectivity index (χ0) is 10.1. The maximum Gasteiger partial charge on any atom is 0.183 e. The molecular weight excluding hydrogens is 328 g/mol. The summed E-state index contributed by atoms with van der Waals surface area (Å²) in [5, 5.41) is 8.96. The van der Waals surface area contributed by atoms with E-state index in [0.29, 0.717) is 0 Å². The number of nitrogens with zero attached hydrogens (tertiary/aromatic N) is 2.